The van der Waals surface area contributed by atoms with E-state index in [4.69, 9.17) is 11.5 Å². The van der Waals surface area contributed by atoms with Gasteiger partial charge in [0.15, 0.2) is 0 Å². The van der Waals surface area contributed by atoms with Crippen LogP contribution in [0.3, 0.4) is 0 Å². The maximum Gasteiger partial charge on any atom is 0.203 e. The van der Waals surface area contributed by atoms with E-state index in [-0.39, 0.29) is 0 Å². The van der Waals surface area contributed by atoms with Gasteiger partial charge in [-0.1, -0.05) is 0 Å². The molecule has 5 nitrogen and oxygen atoms in total. The van der Waals surface area contributed by atoms with Crippen molar-refractivity contribution in [3.05, 3.63) is 24.3 Å². The molecule has 0 saturated carbocycles. The van der Waals surface area contributed by atoms with E-state index in [2.05, 4.69) is 9.98 Å². The summed E-state index contributed by atoms with van der Waals surface area (Å²) in [5.41, 5.74) is 13.0. The first-order valence-electron chi connectivity index (χ1n) is 4.22. The van der Waals surface area contributed by atoms with Crippen LogP contribution in [0.5, 0.6) is 0 Å². The fraction of sp³-hybridized carbons (Fsp3) is 0.111. The number of nitrogens with zero attached hydrogens (tertiary/aromatic N) is 3. The van der Waals surface area contributed by atoms with Crippen molar-refractivity contribution in [3.8, 4) is 0 Å². The van der Waals surface area contributed by atoms with Gasteiger partial charge in [-0.3, -0.25) is 9.89 Å². The molecule has 0 spiro atoms. The second-order valence-electron chi connectivity index (χ2n) is 2.95. The maximum atomic E-state index is 5.70. The lowest BCUT2D eigenvalue weighted by atomic mass is 10.2. The van der Waals surface area contributed by atoms with Crippen LogP contribution in [0.1, 0.15) is 0 Å². The van der Waals surface area contributed by atoms with E-state index in [1.165, 1.54) is 6.34 Å². The number of anilines is 2. The van der Waals surface area contributed by atoms with Crippen LogP contribution in [-0.4, -0.2) is 19.0 Å². The Morgan fingerprint density at radius 3 is 2.50 bits per heavy atom. The van der Waals surface area contributed by atoms with Crippen LogP contribution in [0.25, 0.3) is 0 Å². The fourth-order valence-corrected chi connectivity index (χ4v) is 1.23. The van der Waals surface area contributed by atoms with Gasteiger partial charge in [0.05, 0.1) is 0 Å². The van der Waals surface area contributed by atoms with Gasteiger partial charge in [0, 0.05) is 11.4 Å². The Morgan fingerprint density at radius 2 is 1.86 bits per heavy atom. The molecular formula is C9H11N5. The van der Waals surface area contributed by atoms with Crippen molar-refractivity contribution >= 4 is 23.7 Å². The summed E-state index contributed by atoms with van der Waals surface area (Å²) in [6.45, 7) is 0.499. The first-order chi connectivity index (χ1) is 6.77. The van der Waals surface area contributed by atoms with E-state index in [0.717, 1.165) is 11.4 Å². The Kier molecular flexibility index (Phi) is 2.06. The quantitative estimate of drug-likeness (QED) is 0.627. The number of hydrogen-bond acceptors (Lipinski definition) is 5. The summed E-state index contributed by atoms with van der Waals surface area (Å²) >= 11 is 0. The lowest BCUT2D eigenvalue weighted by Crippen LogP contribution is -2.39. The van der Waals surface area contributed by atoms with Crippen LogP contribution < -0.4 is 16.4 Å². The van der Waals surface area contributed by atoms with Crippen LogP contribution >= 0.6 is 0 Å². The highest BCUT2D eigenvalue weighted by Crippen LogP contribution is 2.16. The second-order valence-corrected chi connectivity index (χ2v) is 2.95. The molecule has 0 radical (unpaired) electrons. The maximum absolute atomic E-state index is 5.70. The number of benzene rings is 1. The molecule has 14 heavy (non-hydrogen) atoms. The second kappa shape index (κ2) is 3.37. The van der Waals surface area contributed by atoms with Crippen molar-refractivity contribution in [1.29, 1.82) is 0 Å². The molecule has 1 aliphatic rings. The molecule has 0 unspecified atom stereocenters. The van der Waals surface area contributed by atoms with E-state index < -0.39 is 0 Å². The minimum Gasteiger partial charge on any atom is -0.399 e. The smallest absolute Gasteiger partial charge is 0.203 e. The van der Waals surface area contributed by atoms with Crippen LogP contribution in [0.15, 0.2) is 34.3 Å². The molecule has 4 N–H and O–H groups in total. The van der Waals surface area contributed by atoms with Crippen molar-refractivity contribution in [2.75, 3.05) is 17.3 Å². The summed E-state index contributed by atoms with van der Waals surface area (Å²) < 4.78 is 0. The Bertz CT molecular complexity index is 379. The normalized spacial score (nSPS) is 15.4. The standard InChI is InChI=1S/C9H11N5/c10-7-1-3-8(4-2-7)14-6-12-5-13-9(14)11/h1-5H,6,10H2,(H2,11,12,13). The number of guanidine groups is 1. The van der Waals surface area contributed by atoms with E-state index in [1.807, 2.05) is 24.3 Å². The molecular weight excluding hydrogens is 178 g/mol. The van der Waals surface area contributed by atoms with Gasteiger partial charge in [0.25, 0.3) is 0 Å². The first-order valence-corrected chi connectivity index (χ1v) is 4.22. The highest BCUT2D eigenvalue weighted by molar-refractivity contribution is 6.00. The predicted molar refractivity (Wildman–Crippen MR) is 58.3 cm³/mol. The fourth-order valence-electron chi connectivity index (χ4n) is 1.23. The van der Waals surface area contributed by atoms with Gasteiger partial charge in [0.2, 0.25) is 5.96 Å². The molecule has 1 aromatic rings. The number of hydrogen-bond donors (Lipinski definition) is 2. The summed E-state index contributed by atoms with van der Waals surface area (Å²) in [5, 5.41) is 0. The molecule has 0 aromatic heterocycles. The summed E-state index contributed by atoms with van der Waals surface area (Å²) in [7, 11) is 0. The molecule has 0 saturated heterocycles. The van der Waals surface area contributed by atoms with Gasteiger partial charge in [-0.05, 0) is 24.3 Å². The largest absolute Gasteiger partial charge is 0.399 e. The van der Waals surface area contributed by atoms with Crippen molar-refractivity contribution in [2.45, 2.75) is 0 Å². The van der Waals surface area contributed by atoms with Gasteiger partial charge < -0.3 is 11.5 Å². The predicted octanol–water partition coefficient (Wildman–Crippen LogP) is 0.389. The van der Waals surface area contributed by atoms with Crippen molar-refractivity contribution < 1.29 is 0 Å². The lowest BCUT2D eigenvalue weighted by molar-refractivity contribution is 0.986. The summed E-state index contributed by atoms with van der Waals surface area (Å²) in [6, 6.07) is 7.42. The van der Waals surface area contributed by atoms with Crippen molar-refractivity contribution in [2.24, 2.45) is 15.7 Å². The number of nitrogens with two attached hydrogens (primary N) is 2. The van der Waals surface area contributed by atoms with Crippen molar-refractivity contribution in [3.63, 3.8) is 0 Å². The Labute approximate surface area is 81.8 Å². The number of nitrogen functional groups attached to an aromatic ring is 1. The molecule has 0 atom stereocenters. The first kappa shape index (κ1) is 8.55. The third-order valence-electron chi connectivity index (χ3n) is 1.98. The van der Waals surface area contributed by atoms with E-state index in [9.17, 15) is 0 Å². The molecule has 2 rings (SSSR count). The highest BCUT2D eigenvalue weighted by atomic mass is 15.3. The lowest BCUT2D eigenvalue weighted by Gasteiger charge is -2.23. The molecule has 0 amide bonds. The van der Waals surface area contributed by atoms with E-state index in [1.54, 1.807) is 4.90 Å². The van der Waals surface area contributed by atoms with Gasteiger partial charge in [-0.2, -0.15) is 0 Å². The van der Waals surface area contributed by atoms with E-state index in [0.29, 0.717) is 12.6 Å². The molecule has 1 heterocycles. The molecule has 0 aliphatic carbocycles. The molecule has 1 aromatic carbocycles. The van der Waals surface area contributed by atoms with Crippen LogP contribution in [0, 0.1) is 0 Å². The molecule has 72 valence electrons. The van der Waals surface area contributed by atoms with Crippen molar-refractivity contribution in [1.82, 2.24) is 0 Å². The number of aliphatic imine (C=N–C) groups is 2. The average Bonchev–Trinajstić information content (AvgIpc) is 2.20. The summed E-state index contributed by atoms with van der Waals surface area (Å²) in [5.74, 6) is 0.449. The third kappa shape index (κ3) is 1.52. The zero-order valence-corrected chi connectivity index (χ0v) is 7.59. The summed E-state index contributed by atoms with van der Waals surface area (Å²) in [4.78, 5) is 9.72. The highest BCUT2D eigenvalue weighted by Gasteiger charge is 2.11. The molecule has 0 bridgehead atoms. The Balaban J connectivity index is 2.27. The van der Waals surface area contributed by atoms with Crippen LogP contribution in [0.2, 0.25) is 0 Å². The van der Waals surface area contributed by atoms with Gasteiger partial charge in [-0.15, -0.1) is 0 Å². The monoisotopic (exact) mass is 189 g/mol. The molecule has 1 aliphatic heterocycles. The third-order valence-corrected chi connectivity index (χ3v) is 1.98. The van der Waals surface area contributed by atoms with Crippen LogP contribution in [0.4, 0.5) is 11.4 Å². The summed E-state index contributed by atoms with van der Waals surface area (Å²) in [6.07, 6.45) is 1.46. The van der Waals surface area contributed by atoms with Gasteiger partial charge >= 0.3 is 0 Å². The zero-order chi connectivity index (χ0) is 9.97. The average molecular weight is 189 g/mol. The minimum atomic E-state index is 0.449. The molecule has 0 fully saturated rings. The van der Waals surface area contributed by atoms with Gasteiger partial charge in [0.1, 0.15) is 13.0 Å². The van der Waals surface area contributed by atoms with Crippen LogP contribution in [-0.2, 0) is 0 Å². The number of rotatable bonds is 1. The SMILES string of the molecule is NC1=NC=NCN1c1ccc(N)cc1. The molecule has 5 heteroatoms. The minimum absolute atomic E-state index is 0.449. The van der Waals surface area contributed by atoms with E-state index >= 15 is 0 Å². The zero-order valence-electron chi connectivity index (χ0n) is 7.59. The van der Waals surface area contributed by atoms with Gasteiger partial charge in [-0.25, -0.2) is 4.99 Å². The Hall–Kier alpha value is -2.04. The topological polar surface area (TPSA) is 80.0 Å². The Morgan fingerprint density at radius 1 is 1.14 bits per heavy atom.